The summed E-state index contributed by atoms with van der Waals surface area (Å²) < 4.78 is 5.53. The van der Waals surface area contributed by atoms with E-state index in [-0.39, 0.29) is 0 Å². The third-order valence-electron chi connectivity index (χ3n) is 4.26. The first-order chi connectivity index (χ1) is 9.35. The van der Waals surface area contributed by atoms with E-state index < -0.39 is 0 Å². The fourth-order valence-electron chi connectivity index (χ4n) is 3.29. The van der Waals surface area contributed by atoms with Crippen LogP contribution in [0.15, 0.2) is 24.3 Å². The Morgan fingerprint density at radius 2 is 1.84 bits per heavy atom. The molecule has 0 aliphatic heterocycles. The van der Waals surface area contributed by atoms with Gasteiger partial charge >= 0.3 is 0 Å². The third kappa shape index (κ3) is 3.97. The van der Waals surface area contributed by atoms with Crippen molar-refractivity contribution in [1.82, 2.24) is 5.32 Å². The first-order valence-electron chi connectivity index (χ1n) is 7.72. The molecule has 1 aromatic carbocycles. The van der Waals surface area contributed by atoms with Gasteiger partial charge in [-0.15, -0.1) is 0 Å². The summed E-state index contributed by atoms with van der Waals surface area (Å²) in [6, 6.07) is 8.73. The van der Waals surface area contributed by atoms with Crippen molar-refractivity contribution in [3.8, 4) is 5.75 Å². The molecule has 1 aliphatic carbocycles. The Balaban J connectivity index is 2.08. The summed E-state index contributed by atoms with van der Waals surface area (Å²) in [6.07, 6.45) is 7.01. The molecular formula is C17H27NO. The summed E-state index contributed by atoms with van der Waals surface area (Å²) in [6.45, 7) is 3.85. The Bertz CT molecular complexity index is 354. The molecular weight excluding hydrogens is 234 g/mol. The molecule has 2 rings (SSSR count). The van der Waals surface area contributed by atoms with Crippen molar-refractivity contribution in [2.75, 3.05) is 20.2 Å². The minimum Gasteiger partial charge on any atom is -0.494 e. The van der Waals surface area contributed by atoms with Crippen LogP contribution in [0.25, 0.3) is 0 Å². The molecule has 1 aliphatic rings. The molecule has 106 valence electrons. The SMILES string of the molecule is CCOc1ccc(C(CNC)C2CCCCC2)cc1. The fraction of sp³-hybridized carbons (Fsp3) is 0.647. The number of hydrogen-bond acceptors (Lipinski definition) is 2. The van der Waals surface area contributed by atoms with E-state index in [0.717, 1.165) is 24.8 Å². The summed E-state index contributed by atoms with van der Waals surface area (Å²) in [5, 5.41) is 3.37. The highest BCUT2D eigenvalue weighted by Gasteiger charge is 2.24. The lowest BCUT2D eigenvalue weighted by molar-refractivity contribution is 0.299. The van der Waals surface area contributed by atoms with Crippen LogP contribution in [0.3, 0.4) is 0 Å². The predicted molar refractivity (Wildman–Crippen MR) is 80.9 cm³/mol. The normalized spacial score (nSPS) is 18.2. The first kappa shape index (κ1) is 14.4. The molecule has 0 bridgehead atoms. The number of benzene rings is 1. The summed E-state index contributed by atoms with van der Waals surface area (Å²) in [7, 11) is 2.06. The van der Waals surface area contributed by atoms with Crippen molar-refractivity contribution in [3.63, 3.8) is 0 Å². The van der Waals surface area contributed by atoms with Crippen LogP contribution in [0.2, 0.25) is 0 Å². The number of rotatable bonds is 6. The number of ether oxygens (including phenoxy) is 1. The number of hydrogen-bond donors (Lipinski definition) is 1. The standard InChI is InChI=1S/C17H27NO/c1-3-19-16-11-9-15(10-12-16)17(13-18-2)14-7-5-4-6-8-14/h9-12,14,17-18H,3-8,13H2,1-2H3. The lowest BCUT2D eigenvalue weighted by Gasteiger charge is -2.30. The van der Waals surface area contributed by atoms with Gasteiger partial charge in [-0.3, -0.25) is 0 Å². The molecule has 0 amide bonds. The monoisotopic (exact) mass is 261 g/mol. The van der Waals surface area contributed by atoms with Crippen molar-refractivity contribution >= 4 is 0 Å². The molecule has 1 N–H and O–H groups in total. The second-order valence-corrected chi connectivity index (χ2v) is 5.56. The van der Waals surface area contributed by atoms with Crippen LogP contribution in [0, 0.1) is 5.92 Å². The van der Waals surface area contributed by atoms with Crippen LogP contribution in [0.1, 0.15) is 50.5 Å². The fourth-order valence-corrected chi connectivity index (χ4v) is 3.29. The minimum atomic E-state index is 0.654. The van der Waals surface area contributed by atoms with Crippen LogP contribution in [-0.4, -0.2) is 20.2 Å². The molecule has 19 heavy (non-hydrogen) atoms. The highest BCUT2D eigenvalue weighted by Crippen LogP contribution is 2.36. The van der Waals surface area contributed by atoms with Gasteiger partial charge in [0.1, 0.15) is 5.75 Å². The van der Waals surface area contributed by atoms with Crippen molar-refractivity contribution in [1.29, 1.82) is 0 Å². The lowest BCUT2D eigenvalue weighted by Crippen LogP contribution is -2.25. The van der Waals surface area contributed by atoms with Crippen molar-refractivity contribution in [2.24, 2.45) is 5.92 Å². The van der Waals surface area contributed by atoms with Crippen molar-refractivity contribution in [2.45, 2.75) is 44.9 Å². The molecule has 0 heterocycles. The molecule has 0 aromatic heterocycles. The van der Waals surface area contributed by atoms with Crippen LogP contribution < -0.4 is 10.1 Å². The highest BCUT2D eigenvalue weighted by atomic mass is 16.5. The highest BCUT2D eigenvalue weighted by molar-refractivity contribution is 5.30. The zero-order valence-corrected chi connectivity index (χ0v) is 12.3. The van der Waals surface area contributed by atoms with Gasteiger partial charge in [-0.2, -0.15) is 0 Å². The van der Waals surface area contributed by atoms with Crippen LogP contribution in [-0.2, 0) is 0 Å². The minimum absolute atomic E-state index is 0.654. The molecule has 1 aromatic rings. The van der Waals surface area contributed by atoms with Gasteiger partial charge in [0.2, 0.25) is 0 Å². The largest absolute Gasteiger partial charge is 0.494 e. The molecule has 1 unspecified atom stereocenters. The van der Waals surface area contributed by atoms with Gasteiger partial charge in [0.25, 0.3) is 0 Å². The Kier molecular flexibility index (Phi) is 5.71. The number of likely N-dealkylation sites (N-methyl/N-ethyl adjacent to an activating group) is 1. The van der Waals surface area contributed by atoms with Crippen molar-refractivity contribution < 1.29 is 4.74 Å². The average molecular weight is 261 g/mol. The van der Waals surface area contributed by atoms with Gasteiger partial charge in [0, 0.05) is 6.54 Å². The molecule has 0 spiro atoms. The molecule has 1 fully saturated rings. The van der Waals surface area contributed by atoms with E-state index >= 15 is 0 Å². The molecule has 2 heteroatoms. The van der Waals surface area contributed by atoms with Crippen LogP contribution in [0.5, 0.6) is 5.75 Å². The van der Waals surface area contributed by atoms with E-state index in [0.29, 0.717) is 5.92 Å². The maximum atomic E-state index is 5.53. The second kappa shape index (κ2) is 7.54. The van der Waals surface area contributed by atoms with Crippen molar-refractivity contribution in [3.05, 3.63) is 29.8 Å². The molecule has 0 saturated heterocycles. The molecule has 0 radical (unpaired) electrons. The zero-order valence-electron chi connectivity index (χ0n) is 12.3. The number of nitrogens with one attached hydrogen (secondary N) is 1. The molecule has 1 saturated carbocycles. The summed E-state index contributed by atoms with van der Waals surface area (Å²) in [5.41, 5.74) is 1.46. The van der Waals surface area contributed by atoms with Gasteiger partial charge < -0.3 is 10.1 Å². The van der Waals surface area contributed by atoms with E-state index in [1.165, 1.54) is 37.7 Å². The average Bonchev–Trinajstić information content (AvgIpc) is 2.47. The van der Waals surface area contributed by atoms with Gasteiger partial charge in [-0.25, -0.2) is 0 Å². The Morgan fingerprint density at radius 1 is 1.16 bits per heavy atom. The van der Waals surface area contributed by atoms with Gasteiger partial charge in [-0.1, -0.05) is 31.4 Å². The topological polar surface area (TPSA) is 21.3 Å². The summed E-state index contributed by atoms with van der Waals surface area (Å²) in [5.74, 6) is 2.48. The van der Waals surface area contributed by atoms with Gasteiger partial charge in [-0.05, 0) is 56.3 Å². The maximum Gasteiger partial charge on any atom is 0.119 e. The molecule has 2 nitrogen and oxygen atoms in total. The van der Waals surface area contributed by atoms with E-state index in [4.69, 9.17) is 4.74 Å². The van der Waals surface area contributed by atoms with Crippen LogP contribution in [0.4, 0.5) is 0 Å². The summed E-state index contributed by atoms with van der Waals surface area (Å²) >= 11 is 0. The summed E-state index contributed by atoms with van der Waals surface area (Å²) in [4.78, 5) is 0. The Morgan fingerprint density at radius 3 is 2.42 bits per heavy atom. The van der Waals surface area contributed by atoms with Gasteiger partial charge in [0.15, 0.2) is 0 Å². The Hall–Kier alpha value is -1.02. The first-order valence-corrected chi connectivity index (χ1v) is 7.72. The van der Waals surface area contributed by atoms with E-state index in [1.54, 1.807) is 0 Å². The lowest BCUT2D eigenvalue weighted by atomic mass is 9.77. The quantitative estimate of drug-likeness (QED) is 0.836. The van der Waals surface area contributed by atoms with E-state index in [2.05, 4.69) is 36.6 Å². The van der Waals surface area contributed by atoms with Crippen LogP contribution >= 0.6 is 0 Å². The van der Waals surface area contributed by atoms with Gasteiger partial charge in [0.05, 0.1) is 6.61 Å². The molecule has 1 atom stereocenters. The Labute approximate surface area is 117 Å². The smallest absolute Gasteiger partial charge is 0.119 e. The third-order valence-corrected chi connectivity index (χ3v) is 4.26. The van der Waals surface area contributed by atoms with E-state index in [1.807, 2.05) is 6.92 Å². The second-order valence-electron chi connectivity index (χ2n) is 5.56. The van der Waals surface area contributed by atoms with E-state index in [9.17, 15) is 0 Å². The zero-order chi connectivity index (χ0) is 13.5. The predicted octanol–water partition coefficient (Wildman–Crippen LogP) is 3.97. The maximum absolute atomic E-state index is 5.53.